The Kier molecular flexibility index (Phi) is 4.60. The lowest BCUT2D eigenvalue weighted by Gasteiger charge is -2.28. The summed E-state index contributed by atoms with van der Waals surface area (Å²) in [6, 6.07) is 21.9. The van der Waals surface area contributed by atoms with Crippen LogP contribution in [0.1, 0.15) is 5.56 Å². The third kappa shape index (κ3) is 3.06. The number of hydrogen-bond acceptors (Lipinski definition) is 2. The Balaban J connectivity index is 2.01. The van der Waals surface area contributed by atoms with Gasteiger partial charge in [0.25, 0.3) is 0 Å². The number of nitrogens with one attached hydrogen (secondary N) is 1. The van der Waals surface area contributed by atoms with Gasteiger partial charge >= 0.3 is 6.55 Å². The van der Waals surface area contributed by atoms with E-state index in [0.717, 1.165) is 32.5 Å². The lowest BCUT2D eigenvalue weighted by Crippen LogP contribution is -2.24. The zero-order valence-corrected chi connectivity index (χ0v) is 14.6. The summed E-state index contributed by atoms with van der Waals surface area (Å²) in [5.74, 6) is 0. The molecule has 3 nitrogen and oxygen atoms in total. The van der Waals surface area contributed by atoms with Crippen molar-refractivity contribution in [2.45, 2.75) is 13.1 Å². The monoisotopic (exact) mass is 363 g/mol. The molecule has 0 atom stereocenters. The Hall–Kier alpha value is -3.18. The third-order valence-corrected chi connectivity index (χ3v) is 4.70. The van der Waals surface area contributed by atoms with Crippen molar-refractivity contribution in [2.24, 2.45) is 5.73 Å². The number of aromatic nitrogens is 1. The number of halogens is 2. The fourth-order valence-electron chi connectivity index (χ4n) is 3.52. The minimum Gasteiger partial charge on any atom is -0.361 e. The predicted molar refractivity (Wildman–Crippen MR) is 106 cm³/mol. The Morgan fingerprint density at radius 1 is 0.889 bits per heavy atom. The first kappa shape index (κ1) is 17.2. The van der Waals surface area contributed by atoms with Crippen molar-refractivity contribution in [3.8, 4) is 11.1 Å². The molecule has 0 saturated heterocycles. The number of rotatable bonds is 5. The molecule has 0 saturated carbocycles. The van der Waals surface area contributed by atoms with E-state index in [1.807, 2.05) is 42.6 Å². The maximum absolute atomic E-state index is 14.1. The molecule has 1 aromatic heterocycles. The summed E-state index contributed by atoms with van der Waals surface area (Å²) >= 11 is 0. The second-order valence-corrected chi connectivity index (χ2v) is 6.24. The van der Waals surface area contributed by atoms with Crippen LogP contribution < -0.4 is 10.6 Å². The topological polar surface area (TPSA) is 45.0 Å². The average Bonchev–Trinajstić information content (AvgIpc) is 3.17. The number of nitrogens with two attached hydrogens (primary N) is 1. The fourth-order valence-corrected chi connectivity index (χ4v) is 3.52. The van der Waals surface area contributed by atoms with Gasteiger partial charge in [0.15, 0.2) is 0 Å². The SMILES string of the molecule is NCc1cccc(N(c2ccccc2)C(F)F)c1-c1cccc2[nH]ccc12. The van der Waals surface area contributed by atoms with Crippen LogP contribution in [-0.4, -0.2) is 11.5 Å². The Morgan fingerprint density at radius 3 is 2.41 bits per heavy atom. The molecule has 3 N–H and O–H groups in total. The van der Waals surface area contributed by atoms with Gasteiger partial charge in [-0.1, -0.05) is 42.5 Å². The molecule has 4 rings (SSSR count). The first-order valence-corrected chi connectivity index (χ1v) is 8.71. The van der Waals surface area contributed by atoms with Crippen LogP contribution in [0, 0.1) is 0 Å². The molecular formula is C22H19F2N3. The molecule has 0 amide bonds. The molecule has 1 heterocycles. The smallest absolute Gasteiger partial charge is 0.319 e. The molecule has 5 heteroatoms. The number of H-pyrrole nitrogens is 1. The van der Waals surface area contributed by atoms with Crippen LogP contribution in [0.3, 0.4) is 0 Å². The zero-order chi connectivity index (χ0) is 18.8. The average molecular weight is 363 g/mol. The van der Waals surface area contributed by atoms with Crippen LogP contribution >= 0.6 is 0 Å². The second-order valence-electron chi connectivity index (χ2n) is 6.24. The molecule has 0 aliphatic carbocycles. The normalized spacial score (nSPS) is 11.3. The highest BCUT2D eigenvalue weighted by Crippen LogP contribution is 2.41. The number of benzene rings is 3. The Labute approximate surface area is 156 Å². The van der Waals surface area contributed by atoms with Crippen molar-refractivity contribution in [1.82, 2.24) is 4.98 Å². The van der Waals surface area contributed by atoms with E-state index in [2.05, 4.69) is 4.98 Å². The van der Waals surface area contributed by atoms with Crippen molar-refractivity contribution in [3.63, 3.8) is 0 Å². The van der Waals surface area contributed by atoms with Crippen LogP contribution in [0.2, 0.25) is 0 Å². The number of aromatic amines is 1. The van der Waals surface area contributed by atoms with Crippen LogP contribution in [0.25, 0.3) is 22.0 Å². The molecule has 4 aromatic rings. The maximum atomic E-state index is 14.1. The molecule has 0 aliphatic heterocycles. The van der Waals surface area contributed by atoms with E-state index < -0.39 is 6.55 Å². The number of hydrogen-bond donors (Lipinski definition) is 2. The lowest BCUT2D eigenvalue weighted by atomic mass is 9.94. The largest absolute Gasteiger partial charge is 0.361 e. The van der Waals surface area contributed by atoms with Crippen LogP contribution in [-0.2, 0) is 6.54 Å². The molecule has 0 aliphatic rings. The molecule has 0 radical (unpaired) electrons. The van der Waals surface area contributed by atoms with E-state index in [9.17, 15) is 8.78 Å². The van der Waals surface area contributed by atoms with E-state index in [0.29, 0.717) is 11.4 Å². The van der Waals surface area contributed by atoms with Crippen molar-refractivity contribution in [1.29, 1.82) is 0 Å². The van der Waals surface area contributed by atoms with Gasteiger partial charge in [-0.05, 0) is 41.5 Å². The molecular weight excluding hydrogens is 344 g/mol. The number of nitrogens with zero attached hydrogens (tertiary/aromatic N) is 1. The van der Waals surface area contributed by atoms with Crippen molar-refractivity contribution < 1.29 is 8.78 Å². The van der Waals surface area contributed by atoms with Gasteiger partial charge in [0.05, 0.1) is 5.69 Å². The first-order chi connectivity index (χ1) is 13.2. The van der Waals surface area contributed by atoms with Gasteiger partial charge < -0.3 is 10.7 Å². The van der Waals surface area contributed by atoms with Crippen molar-refractivity contribution in [2.75, 3.05) is 4.90 Å². The molecule has 0 bridgehead atoms. The summed E-state index contributed by atoms with van der Waals surface area (Å²) in [5.41, 5.74) is 10.2. The standard InChI is InChI=1S/C22H19F2N3/c23-22(24)27(16-7-2-1-3-8-16)20-11-4-6-15(14-25)21(20)18-9-5-10-19-17(18)12-13-26-19/h1-13,22,26H,14,25H2. The minimum absolute atomic E-state index is 0.260. The summed E-state index contributed by atoms with van der Waals surface area (Å²) in [5, 5.41) is 0.974. The lowest BCUT2D eigenvalue weighted by molar-refractivity contribution is 0.156. The van der Waals surface area contributed by atoms with E-state index in [1.165, 1.54) is 0 Å². The fraction of sp³-hybridized carbons (Fsp3) is 0.0909. The van der Waals surface area contributed by atoms with Gasteiger partial charge in [-0.15, -0.1) is 0 Å². The zero-order valence-electron chi connectivity index (χ0n) is 14.6. The third-order valence-electron chi connectivity index (χ3n) is 4.70. The van der Waals surface area contributed by atoms with E-state index >= 15 is 0 Å². The van der Waals surface area contributed by atoms with Crippen molar-refractivity contribution >= 4 is 22.3 Å². The van der Waals surface area contributed by atoms with E-state index in [-0.39, 0.29) is 6.54 Å². The second kappa shape index (κ2) is 7.21. The molecule has 136 valence electrons. The van der Waals surface area contributed by atoms with Gasteiger partial charge in [-0.3, -0.25) is 4.90 Å². The molecule has 0 spiro atoms. The van der Waals surface area contributed by atoms with Gasteiger partial charge in [0.1, 0.15) is 0 Å². The quantitative estimate of drug-likeness (QED) is 0.450. The predicted octanol–water partition coefficient (Wildman–Crippen LogP) is 5.65. The minimum atomic E-state index is -2.69. The van der Waals surface area contributed by atoms with Gasteiger partial charge in [0, 0.05) is 34.9 Å². The van der Waals surface area contributed by atoms with Crippen LogP contribution in [0.5, 0.6) is 0 Å². The van der Waals surface area contributed by atoms with Crippen LogP contribution in [0.4, 0.5) is 20.2 Å². The molecule has 0 fully saturated rings. The highest BCUT2D eigenvalue weighted by Gasteiger charge is 2.24. The molecule has 0 unspecified atom stereocenters. The first-order valence-electron chi connectivity index (χ1n) is 8.71. The van der Waals surface area contributed by atoms with Crippen molar-refractivity contribution in [3.05, 3.63) is 84.6 Å². The highest BCUT2D eigenvalue weighted by atomic mass is 19.3. The van der Waals surface area contributed by atoms with Gasteiger partial charge in [0.2, 0.25) is 0 Å². The maximum Gasteiger partial charge on any atom is 0.319 e. The Bertz CT molecular complexity index is 1060. The number of anilines is 2. The van der Waals surface area contributed by atoms with E-state index in [1.54, 1.807) is 36.4 Å². The highest BCUT2D eigenvalue weighted by molar-refractivity contribution is 6.00. The number of fused-ring (bicyclic) bond motifs is 1. The summed E-state index contributed by atoms with van der Waals surface area (Å²) in [6.45, 7) is -2.43. The summed E-state index contributed by atoms with van der Waals surface area (Å²) in [4.78, 5) is 4.23. The summed E-state index contributed by atoms with van der Waals surface area (Å²) in [6.07, 6.45) is 1.85. The van der Waals surface area contributed by atoms with E-state index in [4.69, 9.17) is 5.73 Å². The van der Waals surface area contributed by atoms with Crippen LogP contribution in [0.15, 0.2) is 79.0 Å². The Morgan fingerprint density at radius 2 is 1.67 bits per heavy atom. The summed E-state index contributed by atoms with van der Waals surface area (Å²) in [7, 11) is 0. The molecule has 3 aromatic carbocycles. The van der Waals surface area contributed by atoms with Gasteiger partial charge in [-0.25, -0.2) is 0 Å². The molecule has 27 heavy (non-hydrogen) atoms. The van der Waals surface area contributed by atoms with Gasteiger partial charge in [-0.2, -0.15) is 8.78 Å². The summed E-state index contributed by atoms with van der Waals surface area (Å²) < 4.78 is 28.3. The number of para-hydroxylation sites is 1. The number of alkyl halides is 2.